The van der Waals surface area contributed by atoms with E-state index in [2.05, 4.69) is 6.58 Å². The summed E-state index contributed by atoms with van der Waals surface area (Å²) in [5.41, 5.74) is 1.60. The van der Waals surface area contributed by atoms with E-state index in [0.29, 0.717) is 0 Å². The lowest BCUT2D eigenvalue weighted by Crippen LogP contribution is -2.40. The van der Waals surface area contributed by atoms with Gasteiger partial charge >= 0.3 is 0 Å². The molecule has 0 aromatic rings. The summed E-state index contributed by atoms with van der Waals surface area (Å²) in [6.07, 6.45) is 7.40. The van der Waals surface area contributed by atoms with E-state index in [1.807, 2.05) is 0 Å². The van der Waals surface area contributed by atoms with Gasteiger partial charge in [-0.25, -0.2) is 0 Å². The molecule has 0 heteroatoms. The molecule has 0 N–H and O–H groups in total. The summed E-state index contributed by atoms with van der Waals surface area (Å²) in [4.78, 5) is 0. The van der Waals surface area contributed by atoms with Gasteiger partial charge in [-0.1, -0.05) is 18.6 Å². The molecular formula is C11H16. The molecule has 0 nitrogen and oxygen atoms in total. The van der Waals surface area contributed by atoms with Gasteiger partial charge in [-0.15, -0.1) is 0 Å². The van der Waals surface area contributed by atoms with Crippen LogP contribution in [0.4, 0.5) is 0 Å². The van der Waals surface area contributed by atoms with Crippen LogP contribution in [0, 0.1) is 23.7 Å². The Balaban J connectivity index is 1.89. The van der Waals surface area contributed by atoms with E-state index in [0.717, 1.165) is 23.7 Å². The Labute approximate surface area is 68.7 Å². The van der Waals surface area contributed by atoms with Gasteiger partial charge in [-0.05, 0) is 49.4 Å². The highest BCUT2D eigenvalue weighted by Crippen LogP contribution is 2.63. The van der Waals surface area contributed by atoms with Crippen LogP contribution in [0.15, 0.2) is 12.2 Å². The second kappa shape index (κ2) is 1.91. The van der Waals surface area contributed by atoms with Crippen LogP contribution < -0.4 is 0 Å². The molecule has 0 saturated heterocycles. The van der Waals surface area contributed by atoms with Crippen molar-refractivity contribution in [3.05, 3.63) is 12.2 Å². The summed E-state index contributed by atoms with van der Waals surface area (Å²) in [5.74, 6) is 4.31. The first-order chi connectivity index (χ1) is 5.38. The summed E-state index contributed by atoms with van der Waals surface area (Å²) in [7, 11) is 0. The third-order valence-electron chi connectivity index (χ3n) is 4.37. The summed E-state index contributed by atoms with van der Waals surface area (Å²) < 4.78 is 0. The van der Waals surface area contributed by atoms with Crippen molar-refractivity contribution in [2.24, 2.45) is 23.7 Å². The van der Waals surface area contributed by atoms with Gasteiger partial charge in [0.1, 0.15) is 0 Å². The number of hydrogen-bond donors (Lipinski definition) is 0. The minimum Gasteiger partial charge on any atom is -0.0996 e. The fraction of sp³-hybridized carbons (Fsp3) is 0.818. The van der Waals surface area contributed by atoms with Crippen LogP contribution in [0.1, 0.15) is 32.1 Å². The van der Waals surface area contributed by atoms with E-state index in [4.69, 9.17) is 0 Å². The zero-order chi connectivity index (χ0) is 7.42. The van der Waals surface area contributed by atoms with E-state index < -0.39 is 0 Å². The number of allylic oxidation sites excluding steroid dienone is 1. The van der Waals surface area contributed by atoms with Crippen LogP contribution in [-0.2, 0) is 0 Å². The van der Waals surface area contributed by atoms with Gasteiger partial charge in [0.25, 0.3) is 0 Å². The Bertz CT molecular complexity index is 198. The van der Waals surface area contributed by atoms with Crippen molar-refractivity contribution in [2.75, 3.05) is 0 Å². The lowest BCUT2D eigenvalue weighted by Gasteiger charge is -2.45. The average Bonchev–Trinajstić information content (AvgIpc) is 2.43. The molecule has 0 radical (unpaired) electrons. The van der Waals surface area contributed by atoms with Crippen molar-refractivity contribution in [1.29, 1.82) is 0 Å². The van der Waals surface area contributed by atoms with Crippen LogP contribution in [0.2, 0.25) is 0 Å². The zero-order valence-corrected chi connectivity index (χ0v) is 7.05. The Kier molecular flexibility index (Phi) is 1.09. The number of fused-ring (bicyclic) bond motifs is 4. The average molecular weight is 148 g/mol. The summed E-state index contributed by atoms with van der Waals surface area (Å²) >= 11 is 0. The van der Waals surface area contributed by atoms with Crippen LogP contribution in [0.3, 0.4) is 0 Å². The predicted molar refractivity (Wildman–Crippen MR) is 46.2 cm³/mol. The molecule has 0 aliphatic heterocycles. The Morgan fingerprint density at radius 2 is 1.73 bits per heavy atom. The number of hydrogen-bond acceptors (Lipinski definition) is 0. The third-order valence-corrected chi connectivity index (χ3v) is 4.37. The zero-order valence-electron chi connectivity index (χ0n) is 7.05. The fourth-order valence-corrected chi connectivity index (χ4v) is 3.95. The van der Waals surface area contributed by atoms with Crippen LogP contribution >= 0.6 is 0 Å². The Morgan fingerprint density at radius 1 is 1.00 bits per heavy atom. The molecule has 4 atom stereocenters. The van der Waals surface area contributed by atoms with Gasteiger partial charge in [-0.2, -0.15) is 0 Å². The predicted octanol–water partition coefficient (Wildman–Crippen LogP) is 3.00. The largest absolute Gasteiger partial charge is 0.0996 e. The minimum atomic E-state index is 0.988. The molecule has 0 aromatic heterocycles. The molecule has 3 saturated carbocycles. The van der Waals surface area contributed by atoms with Gasteiger partial charge in [-0.3, -0.25) is 0 Å². The molecule has 3 aliphatic carbocycles. The van der Waals surface area contributed by atoms with E-state index in [1.54, 1.807) is 12.0 Å². The van der Waals surface area contributed by atoms with Crippen molar-refractivity contribution in [3.8, 4) is 0 Å². The summed E-state index contributed by atoms with van der Waals surface area (Å²) in [5, 5.41) is 0. The third kappa shape index (κ3) is 0.617. The minimum absolute atomic E-state index is 0.988. The Morgan fingerprint density at radius 3 is 2.64 bits per heavy atom. The maximum absolute atomic E-state index is 4.20. The van der Waals surface area contributed by atoms with Gasteiger partial charge in [0.2, 0.25) is 0 Å². The Hall–Kier alpha value is -0.260. The highest BCUT2D eigenvalue weighted by atomic mass is 14.6. The molecule has 0 amide bonds. The quantitative estimate of drug-likeness (QED) is 0.463. The van der Waals surface area contributed by atoms with Crippen LogP contribution in [0.5, 0.6) is 0 Å². The number of rotatable bonds is 0. The van der Waals surface area contributed by atoms with E-state index >= 15 is 0 Å². The molecule has 0 spiro atoms. The van der Waals surface area contributed by atoms with Gasteiger partial charge in [0, 0.05) is 0 Å². The fourth-order valence-electron chi connectivity index (χ4n) is 3.95. The molecule has 3 aliphatic rings. The van der Waals surface area contributed by atoms with E-state index in [9.17, 15) is 0 Å². The summed E-state index contributed by atoms with van der Waals surface area (Å²) in [6, 6.07) is 0. The molecule has 0 aromatic carbocycles. The molecular weight excluding hydrogens is 132 g/mol. The highest BCUT2D eigenvalue weighted by molar-refractivity contribution is 5.20. The maximum Gasteiger partial charge on any atom is -0.0144 e. The highest BCUT2D eigenvalue weighted by Gasteiger charge is 2.54. The molecule has 60 valence electrons. The van der Waals surface area contributed by atoms with Crippen LogP contribution in [0.25, 0.3) is 0 Å². The van der Waals surface area contributed by atoms with Crippen molar-refractivity contribution < 1.29 is 0 Å². The molecule has 0 bridgehead atoms. The van der Waals surface area contributed by atoms with Gasteiger partial charge in [0.15, 0.2) is 0 Å². The first kappa shape index (κ1) is 6.28. The molecule has 0 heterocycles. The second-order valence-electron chi connectivity index (χ2n) is 4.65. The standard InChI is InChI=1S/C11H16/c1-7-5-6-10-8-3-2-4-9(8)11(7)10/h8-11H,1-6H2/t8-,9+,10+,11-/m1/s1. The van der Waals surface area contributed by atoms with Crippen molar-refractivity contribution in [1.82, 2.24) is 0 Å². The smallest absolute Gasteiger partial charge is 0.0144 e. The summed E-state index contributed by atoms with van der Waals surface area (Å²) in [6.45, 7) is 4.20. The van der Waals surface area contributed by atoms with Crippen molar-refractivity contribution in [3.63, 3.8) is 0 Å². The maximum atomic E-state index is 4.20. The van der Waals surface area contributed by atoms with Gasteiger partial charge in [0.05, 0.1) is 0 Å². The molecule has 3 fully saturated rings. The first-order valence-corrected chi connectivity index (χ1v) is 5.05. The topological polar surface area (TPSA) is 0 Å². The van der Waals surface area contributed by atoms with E-state index in [-0.39, 0.29) is 0 Å². The van der Waals surface area contributed by atoms with Crippen molar-refractivity contribution in [2.45, 2.75) is 32.1 Å². The lowest BCUT2D eigenvalue weighted by atomic mass is 9.59. The van der Waals surface area contributed by atoms with Crippen molar-refractivity contribution >= 4 is 0 Å². The lowest BCUT2D eigenvalue weighted by molar-refractivity contribution is 0.0505. The molecule has 11 heavy (non-hydrogen) atoms. The molecule has 3 rings (SSSR count). The monoisotopic (exact) mass is 148 g/mol. The van der Waals surface area contributed by atoms with Gasteiger partial charge < -0.3 is 0 Å². The molecule has 0 unspecified atom stereocenters. The SMILES string of the molecule is C=C1CC[C@H]2[C@@H]3CCC[C@@H]3[C@@H]12. The van der Waals surface area contributed by atoms with E-state index in [1.165, 1.54) is 25.7 Å². The normalized spacial score (nSPS) is 53.6. The van der Waals surface area contributed by atoms with Crippen LogP contribution in [-0.4, -0.2) is 0 Å². The first-order valence-electron chi connectivity index (χ1n) is 5.05. The second-order valence-corrected chi connectivity index (χ2v) is 4.65.